The molecule has 0 atom stereocenters. The van der Waals surface area contributed by atoms with Crippen LogP contribution in [-0.4, -0.2) is 20.5 Å². The lowest BCUT2D eigenvalue weighted by molar-refractivity contribution is 0.368. The van der Waals surface area contributed by atoms with E-state index in [0.29, 0.717) is 0 Å². The number of nitrogens with two attached hydrogens (primary N) is 1. The van der Waals surface area contributed by atoms with Crippen molar-refractivity contribution in [3.05, 3.63) is 18.4 Å². The lowest BCUT2D eigenvalue weighted by atomic mass is 9.93. The van der Waals surface area contributed by atoms with Crippen molar-refractivity contribution in [3.63, 3.8) is 0 Å². The quantitative estimate of drug-likeness (QED) is 0.824. The molecule has 1 saturated carbocycles. The Balaban J connectivity index is 2.00. The van der Waals surface area contributed by atoms with E-state index in [0.717, 1.165) is 25.7 Å². The summed E-state index contributed by atoms with van der Waals surface area (Å²) in [5.74, 6) is 0. The number of nitrogens with one attached hydrogen (secondary N) is 1. The van der Waals surface area contributed by atoms with E-state index in [2.05, 4.69) is 4.72 Å². The van der Waals surface area contributed by atoms with Crippen LogP contribution in [0.2, 0.25) is 0 Å². The van der Waals surface area contributed by atoms with Gasteiger partial charge >= 0.3 is 0 Å². The summed E-state index contributed by atoms with van der Waals surface area (Å²) in [6, 6.07) is 3.20. The fourth-order valence-electron chi connectivity index (χ4n) is 1.93. The third kappa shape index (κ3) is 2.63. The van der Waals surface area contributed by atoms with Gasteiger partial charge in [-0.2, -0.15) is 0 Å². The molecule has 0 unspecified atom stereocenters. The number of rotatable bonds is 3. The molecule has 1 heterocycles. The highest BCUT2D eigenvalue weighted by molar-refractivity contribution is 7.89. The summed E-state index contributed by atoms with van der Waals surface area (Å²) in [7, 11) is -3.49. The second-order valence-corrected chi connectivity index (χ2v) is 5.81. The van der Waals surface area contributed by atoms with E-state index in [9.17, 15) is 8.42 Å². The van der Waals surface area contributed by atoms with E-state index < -0.39 is 10.0 Å². The Kier molecular flexibility index (Phi) is 3.32. The van der Waals surface area contributed by atoms with Gasteiger partial charge in [0.1, 0.15) is 0 Å². The molecule has 1 aromatic rings. The molecule has 0 bridgehead atoms. The minimum Gasteiger partial charge on any atom is -0.452 e. The Morgan fingerprint density at radius 3 is 2.56 bits per heavy atom. The summed E-state index contributed by atoms with van der Waals surface area (Å²) < 4.78 is 31.1. The van der Waals surface area contributed by atoms with Gasteiger partial charge in [0.2, 0.25) is 5.09 Å². The summed E-state index contributed by atoms with van der Waals surface area (Å²) in [4.78, 5) is 0. The molecule has 1 aromatic heterocycles. The molecule has 0 radical (unpaired) electrons. The molecule has 1 aliphatic rings. The molecule has 0 spiro atoms. The van der Waals surface area contributed by atoms with Crippen molar-refractivity contribution < 1.29 is 12.8 Å². The zero-order chi connectivity index (χ0) is 11.6. The molecule has 6 heteroatoms. The first-order chi connectivity index (χ1) is 7.58. The average Bonchev–Trinajstić information content (AvgIpc) is 2.75. The minimum atomic E-state index is -3.49. The van der Waals surface area contributed by atoms with Gasteiger partial charge in [-0.25, -0.2) is 13.1 Å². The second-order valence-electron chi connectivity index (χ2n) is 4.17. The molecule has 90 valence electrons. The number of hydrogen-bond donors (Lipinski definition) is 2. The van der Waals surface area contributed by atoms with Crippen LogP contribution in [0.25, 0.3) is 0 Å². The molecule has 0 amide bonds. The Bertz CT molecular complexity index is 419. The summed E-state index contributed by atoms with van der Waals surface area (Å²) in [6.45, 7) is 0. The van der Waals surface area contributed by atoms with Crippen molar-refractivity contribution >= 4 is 10.0 Å². The van der Waals surface area contributed by atoms with Crippen LogP contribution >= 0.6 is 0 Å². The average molecular weight is 244 g/mol. The monoisotopic (exact) mass is 244 g/mol. The molecule has 3 N–H and O–H groups in total. The highest BCUT2D eigenvalue weighted by Gasteiger charge is 2.25. The standard InChI is InChI=1S/C10H16N2O3S/c11-8-3-5-9(6-4-8)12-16(13,14)10-2-1-7-15-10/h1-2,7-9,12H,3-6,11H2. The maximum Gasteiger partial charge on any atom is 0.274 e. The van der Waals surface area contributed by atoms with E-state index in [1.54, 1.807) is 6.07 Å². The topological polar surface area (TPSA) is 85.3 Å². The van der Waals surface area contributed by atoms with E-state index in [-0.39, 0.29) is 17.2 Å². The van der Waals surface area contributed by atoms with Gasteiger partial charge < -0.3 is 10.2 Å². The predicted molar refractivity (Wildman–Crippen MR) is 59.3 cm³/mol. The smallest absolute Gasteiger partial charge is 0.274 e. The third-order valence-electron chi connectivity index (χ3n) is 2.85. The molecule has 5 nitrogen and oxygen atoms in total. The van der Waals surface area contributed by atoms with Crippen molar-refractivity contribution in [1.29, 1.82) is 0 Å². The fourth-order valence-corrected chi connectivity index (χ4v) is 3.16. The van der Waals surface area contributed by atoms with Crippen molar-refractivity contribution in [2.24, 2.45) is 5.73 Å². The summed E-state index contributed by atoms with van der Waals surface area (Å²) in [5.41, 5.74) is 5.76. The molecule has 1 fully saturated rings. The SMILES string of the molecule is NC1CCC(NS(=O)(=O)c2ccco2)CC1. The zero-order valence-corrected chi connectivity index (χ0v) is 9.74. The summed E-state index contributed by atoms with van der Waals surface area (Å²) in [6.07, 6.45) is 4.67. The number of furan rings is 1. The fraction of sp³-hybridized carbons (Fsp3) is 0.600. The largest absolute Gasteiger partial charge is 0.452 e. The molecule has 2 rings (SSSR count). The van der Waals surface area contributed by atoms with Crippen molar-refractivity contribution in [2.75, 3.05) is 0 Å². The van der Waals surface area contributed by atoms with Gasteiger partial charge in [-0.1, -0.05) is 0 Å². The molecule has 0 saturated heterocycles. The zero-order valence-electron chi connectivity index (χ0n) is 8.93. The van der Waals surface area contributed by atoms with Crippen LogP contribution < -0.4 is 10.5 Å². The van der Waals surface area contributed by atoms with Crippen molar-refractivity contribution in [3.8, 4) is 0 Å². The van der Waals surface area contributed by atoms with Crippen LogP contribution in [0.15, 0.2) is 27.9 Å². The first-order valence-corrected chi connectivity index (χ1v) is 6.87. The third-order valence-corrected chi connectivity index (χ3v) is 4.26. The Morgan fingerprint density at radius 2 is 2.00 bits per heavy atom. The van der Waals surface area contributed by atoms with Gasteiger partial charge in [-0.15, -0.1) is 0 Å². The van der Waals surface area contributed by atoms with E-state index >= 15 is 0 Å². The molecule has 0 aliphatic heterocycles. The lowest BCUT2D eigenvalue weighted by Gasteiger charge is -2.26. The van der Waals surface area contributed by atoms with Crippen LogP contribution in [0.4, 0.5) is 0 Å². The van der Waals surface area contributed by atoms with Crippen LogP contribution in [0, 0.1) is 0 Å². The van der Waals surface area contributed by atoms with Gasteiger partial charge in [0.25, 0.3) is 10.0 Å². The Hall–Kier alpha value is -0.850. The van der Waals surface area contributed by atoms with Gasteiger partial charge in [-0.05, 0) is 37.8 Å². The van der Waals surface area contributed by atoms with Crippen LogP contribution in [0.5, 0.6) is 0 Å². The molecular weight excluding hydrogens is 228 g/mol. The van der Waals surface area contributed by atoms with Gasteiger partial charge in [-0.3, -0.25) is 0 Å². The maximum atomic E-state index is 11.8. The number of sulfonamides is 1. The molecule has 0 aromatic carbocycles. The normalized spacial score (nSPS) is 26.8. The highest BCUT2D eigenvalue weighted by atomic mass is 32.2. The van der Waals surface area contributed by atoms with Crippen molar-refractivity contribution in [1.82, 2.24) is 4.72 Å². The second kappa shape index (κ2) is 4.57. The number of hydrogen-bond acceptors (Lipinski definition) is 4. The predicted octanol–water partition coefficient (Wildman–Crippen LogP) is 0.828. The first kappa shape index (κ1) is 11.6. The van der Waals surface area contributed by atoms with Gasteiger partial charge in [0.05, 0.1) is 6.26 Å². The lowest BCUT2D eigenvalue weighted by Crippen LogP contribution is -2.40. The van der Waals surface area contributed by atoms with Gasteiger partial charge in [0, 0.05) is 12.1 Å². The maximum absolute atomic E-state index is 11.8. The minimum absolute atomic E-state index is 0.0186. The highest BCUT2D eigenvalue weighted by Crippen LogP contribution is 2.19. The Labute approximate surface area is 95.1 Å². The van der Waals surface area contributed by atoms with Crippen molar-refractivity contribution in [2.45, 2.75) is 42.9 Å². The molecular formula is C10H16N2O3S. The van der Waals surface area contributed by atoms with Gasteiger partial charge in [0.15, 0.2) is 0 Å². The Morgan fingerprint density at radius 1 is 1.31 bits per heavy atom. The first-order valence-electron chi connectivity index (χ1n) is 5.39. The van der Waals surface area contributed by atoms with Crippen LogP contribution in [0.1, 0.15) is 25.7 Å². The van der Waals surface area contributed by atoms with E-state index in [1.807, 2.05) is 0 Å². The summed E-state index contributed by atoms with van der Waals surface area (Å²) >= 11 is 0. The molecule has 16 heavy (non-hydrogen) atoms. The van der Waals surface area contributed by atoms with E-state index in [1.165, 1.54) is 12.3 Å². The van der Waals surface area contributed by atoms with Crippen LogP contribution in [-0.2, 0) is 10.0 Å². The summed E-state index contributed by atoms with van der Waals surface area (Å²) in [5, 5.41) is -0.0256. The van der Waals surface area contributed by atoms with E-state index in [4.69, 9.17) is 10.2 Å². The molecule has 1 aliphatic carbocycles. The van der Waals surface area contributed by atoms with Crippen LogP contribution in [0.3, 0.4) is 0 Å².